The third-order valence-electron chi connectivity index (χ3n) is 3.90. The van der Waals surface area contributed by atoms with Gasteiger partial charge in [-0.3, -0.25) is 23.6 Å². The summed E-state index contributed by atoms with van der Waals surface area (Å²) >= 11 is 0. The zero-order valence-corrected chi connectivity index (χ0v) is 12.8. The molecule has 0 saturated carbocycles. The Morgan fingerprint density at radius 2 is 2.26 bits per heavy atom. The second kappa shape index (κ2) is 6.19. The normalized spacial score (nSPS) is 18.5. The summed E-state index contributed by atoms with van der Waals surface area (Å²) in [5.41, 5.74) is 0.137. The van der Waals surface area contributed by atoms with E-state index in [0.29, 0.717) is 24.0 Å². The molecular formula is C14H18N6O3. The minimum Gasteiger partial charge on any atom is -0.354 e. The molecule has 9 nitrogen and oxygen atoms in total. The first-order chi connectivity index (χ1) is 11.1. The van der Waals surface area contributed by atoms with Gasteiger partial charge in [-0.2, -0.15) is 5.10 Å². The number of amides is 2. The van der Waals surface area contributed by atoms with E-state index in [1.165, 1.54) is 21.8 Å². The van der Waals surface area contributed by atoms with Crippen molar-refractivity contribution in [2.75, 3.05) is 6.54 Å². The van der Waals surface area contributed by atoms with Crippen molar-refractivity contribution in [1.82, 2.24) is 30.0 Å². The molecule has 0 unspecified atom stereocenters. The van der Waals surface area contributed by atoms with E-state index < -0.39 is 6.04 Å². The molecule has 2 amide bonds. The average molecular weight is 318 g/mol. The van der Waals surface area contributed by atoms with E-state index in [9.17, 15) is 14.4 Å². The van der Waals surface area contributed by atoms with Crippen LogP contribution in [0, 0.1) is 0 Å². The standard InChI is InChI=1S/C14H18N6O3/c1-19-12-9(6-17-19)14(23)20(8-16-12)7-11(21)18-10-4-2-3-5-15-13(10)22/h6,8,10H,2-5,7H2,1H3,(H,15,22)(H,18,21)/t10-/m0/s1. The van der Waals surface area contributed by atoms with Crippen molar-refractivity contribution in [3.05, 3.63) is 22.9 Å². The van der Waals surface area contributed by atoms with Gasteiger partial charge in [0, 0.05) is 13.6 Å². The number of rotatable bonds is 3. The van der Waals surface area contributed by atoms with Gasteiger partial charge in [0.05, 0.1) is 6.20 Å². The van der Waals surface area contributed by atoms with Crippen molar-refractivity contribution in [3.63, 3.8) is 0 Å². The highest BCUT2D eigenvalue weighted by atomic mass is 16.2. The minimum absolute atomic E-state index is 0.177. The molecule has 2 aromatic rings. The van der Waals surface area contributed by atoms with Crippen molar-refractivity contribution in [1.29, 1.82) is 0 Å². The second-order valence-corrected chi connectivity index (χ2v) is 5.59. The Balaban J connectivity index is 1.74. The Labute approximate surface area is 131 Å². The maximum atomic E-state index is 12.3. The molecular weight excluding hydrogens is 300 g/mol. The SMILES string of the molecule is Cn1ncc2c(=O)n(CC(=O)N[C@H]3CCCCNC3=O)cnc21. The van der Waals surface area contributed by atoms with Gasteiger partial charge < -0.3 is 10.6 Å². The number of nitrogens with one attached hydrogen (secondary N) is 2. The number of aryl methyl sites for hydroxylation is 1. The lowest BCUT2D eigenvalue weighted by Gasteiger charge is -2.15. The molecule has 3 heterocycles. The van der Waals surface area contributed by atoms with Gasteiger partial charge in [-0.15, -0.1) is 0 Å². The van der Waals surface area contributed by atoms with Gasteiger partial charge >= 0.3 is 0 Å². The quantitative estimate of drug-likeness (QED) is 0.747. The van der Waals surface area contributed by atoms with Crippen LogP contribution in [0.25, 0.3) is 11.0 Å². The van der Waals surface area contributed by atoms with Gasteiger partial charge in [0.2, 0.25) is 11.8 Å². The minimum atomic E-state index is -0.546. The van der Waals surface area contributed by atoms with Gasteiger partial charge in [-0.05, 0) is 19.3 Å². The predicted molar refractivity (Wildman–Crippen MR) is 81.6 cm³/mol. The summed E-state index contributed by atoms with van der Waals surface area (Å²) in [4.78, 5) is 40.4. The molecule has 1 atom stereocenters. The van der Waals surface area contributed by atoms with Crippen molar-refractivity contribution in [3.8, 4) is 0 Å². The highest BCUT2D eigenvalue weighted by Crippen LogP contribution is 2.06. The molecule has 0 radical (unpaired) electrons. The van der Waals surface area contributed by atoms with E-state index in [2.05, 4.69) is 20.7 Å². The monoisotopic (exact) mass is 318 g/mol. The number of nitrogens with zero attached hydrogens (tertiary/aromatic N) is 4. The van der Waals surface area contributed by atoms with Gasteiger partial charge in [0.15, 0.2) is 5.65 Å². The maximum Gasteiger partial charge on any atom is 0.264 e. The molecule has 2 aromatic heterocycles. The average Bonchev–Trinajstić information content (AvgIpc) is 2.78. The Bertz CT molecular complexity index is 808. The molecule has 23 heavy (non-hydrogen) atoms. The summed E-state index contributed by atoms with van der Waals surface area (Å²) in [5.74, 6) is -0.566. The Hall–Kier alpha value is -2.71. The third kappa shape index (κ3) is 3.08. The van der Waals surface area contributed by atoms with E-state index in [1.807, 2.05) is 0 Å². The maximum absolute atomic E-state index is 12.3. The number of aromatic nitrogens is 4. The van der Waals surface area contributed by atoms with E-state index in [1.54, 1.807) is 7.05 Å². The second-order valence-electron chi connectivity index (χ2n) is 5.59. The van der Waals surface area contributed by atoms with Crippen molar-refractivity contribution < 1.29 is 9.59 Å². The first-order valence-electron chi connectivity index (χ1n) is 7.50. The van der Waals surface area contributed by atoms with Crippen LogP contribution in [-0.4, -0.2) is 43.7 Å². The van der Waals surface area contributed by atoms with Crippen molar-refractivity contribution in [2.24, 2.45) is 7.05 Å². The lowest BCUT2D eigenvalue weighted by Crippen LogP contribution is -2.47. The van der Waals surface area contributed by atoms with Crippen molar-refractivity contribution >= 4 is 22.8 Å². The summed E-state index contributed by atoms with van der Waals surface area (Å²) in [6.45, 7) is 0.451. The zero-order chi connectivity index (χ0) is 16.4. The Kier molecular flexibility index (Phi) is 4.09. The van der Waals surface area contributed by atoms with Crippen LogP contribution >= 0.6 is 0 Å². The highest BCUT2D eigenvalue weighted by Gasteiger charge is 2.22. The molecule has 2 N–H and O–H groups in total. The van der Waals surface area contributed by atoms with Crippen molar-refractivity contribution in [2.45, 2.75) is 31.8 Å². The van der Waals surface area contributed by atoms with Crippen LogP contribution in [0.2, 0.25) is 0 Å². The van der Waals surface area contributed by atoms with E-state index in [0.717, 1.165) is 12.8 Å². The molecule has 1 fully saturated rings. The largest absolute Gasteiger partial charge is 0.354 e. The fraction of sp³-hybridized carbons (Fsp3) is 0.500. The smallest absolute Gasteiger partial charge is 0.264 e. The van der Waals surface area contributed by atoms with E-state index >= 15 is 0 Å². The number of fused-ring (bicyclic) bond motifs is 1. The number of hydrogen-bond donors (Lipinski definition) is 2. The molecule has 0 bridgehead atoms. The molecule has 0 aliphatic carbocycles. The lowest BCUT2D eigenvalue weighted by molar-refractivity contribution is -0.129. The van der Waals surface area contributed by atoms with Gasteiger partial charge in [-0.1, -0.05) is 0 Å². The highest BCUT2D eigenvalue weighted by molar-refractivity contribution is 5.87. The first kappa shape index (κ1) is 15.2. The zero-order valence-electron chi connectivity index (χ0n) is 12.8. The molecule has 9 heteroatoms. The van der Waals surface area contributed by atoms with Crippen LogP contribution in [0.15, 0.2) is 17.3 Å². The topological polar surface area (TPSA) is 111 Å². The third-order valence-corrected chi connectivity index (χ3v) is 3.90. The summed E-state index contributed by atoms with van der Waals surface area (Å²) in [6, 6.07) is -0.546. The van der Waals surface area contributed by atoms with Gasteiger partial charge in [-0.25, -0.2) is 4.98 Å². The summed E-state index contributed by atoms with van der Waals surface area (Å²) in [6.07, 6.45) is 5.12. The van der Waals surface area contributed by atoms with E-state index in [4.69, 9.17) is 0 Å². The molecule has 0 spiro atoms. The van der Waals surface area contributed by atoms with E-state index in [-0.39, 0.29) is 23.9 Å². The summed E-state index contributed by atoms with van der Waals surface area (Å²) in [7, 11) is 1.69. The number of carbonyl (C=O) groups excluding carboxylic acids is 2. The number of hydrogen-bond acceptors (Lipinski definition) is 5. The lowest BCUT2D eigenvalue weighted by atomic mass is 10.1. The molecule has 3 rings (SSSR count). The van der Waals surface area contributed by atoms with Crippen LogP contribution in [-0.2, 0) is 23.2 Å². The first-order valence-corrected chi connectivity index (χ1v) is 7.50. The molecule has 0 aromatic carbocycles. The Morgan fingerprint density at radius 1 is 1.43 bits per heavy atom. The molecule has 1 aliphatic rings. The van der Waals surface area contributed by atoms with Crippen LogP contribution in [0.3, 0.4) is 0 Å². The van der Waals surface area contributed by atoms with Crippen LogP contribution in [0.1, 0.15) is 19.3 Å². The molecule has 1 aliphatic heterocycles. The summed E-state index contributed by atoms with van der Waals surface area (Å²) in [5, 5.41) is 9.77. The fourth-order valence-corrected chi connectivity index (χ4v) is 2.65. The fourth-order valence-electron chi connectivity index (χ4n) is 2.65. The number of carbonyl (C=O) groups is 2. The van der Waals surface area contributed by atoms with Crippen LogP contribution < -0.4 is 16.2 Å². The molecule has 1 saturated heterocycles. The summed E-state index contributed by atoms with van der Waals surface area (Å²) < 4.78 is 2.71. The Morgan fingerprint density at radius 3 is 3.09 bits per heavy atom. The molecule has 122 valence electrons. The van der Waals surface area contributed by atoms with Gasteiger partial charge in [0.1, 0.15) is 24.3 Å². The van der Waals surface area contributed by atoms with Crippen LogP contribution in [0.4, 0.5) is 0 Å². The predicted octanol–water partition coefficient (Wildman–Crippen LogP) is -1.09. The van der Waals surface area contributed by atoms with Gasteiger partial charge in [0.25, 0.3) is 5.56 Å². The van der Waals surface area contributed by atoms with Crippen LogP contribution in [0.5, 0.6) is 0 Å².